The van der Waals surface area contributed by atoms with Gasteiger partial charge in [-0.05, 0) is 42.7 Å². The fourth-order valence-corrected chi connectivity index (χ4v) is 2.80. The Kier molecular flexibility index (Phi) is 4.97. The zero-order chi connectivity index (χ0) is 17.8. The van der Waals surface area contributed by atoms with Crippen LogP contribution in [0.15, 0.2) is 48.5 Å². The summed E-state index contributed by atoms with van der Waals surface area (Å²) in [5.74, 6) is -2.11. The number of carbonyl (C=O) groups is 2. The second-order valence-corrected chi connectivity index (χ2v) is 6.06. The number of carboxylic acid groups (broad SMARTS) is 1. The molecule has 5 nitrogen and oxygen atoms in total. The summed E-state index contributed by atoms with van der Waals surface area (Å²) in [6, 6.07) is 13.0. The third kappa shape index (κ3) is 4.15. The molecule has 0 aromatic heterocycles. The number of hydrogen-bond donors (Lipinski definition) is 2. The van der Waals surface area contributed by atoms with Gasteiger partial charge in [-0.25, -0.2) is 4.39 Å². The van der Waals surface area contributed by atoms with E-state index in [2.05, 4.69) is 5.32 Å². The van der Waals surface area contributed by atoms with Crippen LogP contribution in [0, 0.1) is 17.7 Å². The Hall–Kier alpha value is -2.89. The summed E-state index contributed by atoms with van der Waals surface area (Å²) in [6.07, 6.45) is 1.11. The Balaban J connectivity index is 1.59. The predicted molar refractivity (Wildman–Crippen MR) is 89.7 cm³/mol. The van der Waals surface area contributed by atoms with Crippen molar-refractivity contribution in [1.82, 2.24) is 0 Å². The number of halogens is 1. The van der Waals surface area contributed by atoms with E-state index in [4.69, 9.17) is 9.84 Å². The molecule has 2 aromatic rings. The smallest absolute Gasteiger partial charge is 0.307 e. The summed E-state index contributed by atoms with van der Waals surface area (Å²) in [4.78, 5) is 23.2. The minimum Gasteiger partial charge on any atom is -0.489 e. The molecule has 1 aliphatic carbocycles. The maximum atomic E-state index is 13.2. The van der Waals surface area contributed by atoms with Gasteiger partial charge in [-0.1, -0.05) is 18.2 Å². The number of anilines is 1. The van der Waals surface area contributed by atoms with E-state index in [1.54, 1.807) is 36.4 Å². The van der Waals surface area contributed by atoms with E-state index in [1.165, 1.54) is 12.1 Å². The lowest BCUT2D eigenvalue weighted by atomic mass is 9.73. The van der Waals surface area contributed by atoms with Gasteiger partial charge in [0.15, 0.2) is 0 Å². The average Bonchev–Trinajstić information content (AvgIpc) is 2.51. The molecule has 6 heteroatoms. The van der Waals surface area contributed by atoms with Gasteiger partial charge in [-0.2, -0.15) is 0 Å². The van der Waals surface area contributed by atoms with Crippen LogP contribution in [0.1, 0.15) is 18.4 Å². The lowest BCUT2D eigenvalue weighted by Gasteiger charge is -2.31. The largest absolute Gasteiger partial charge is 0.489 e. The number of carbonyl (C=O) groups excluding carboxylic acids is 1. The number of hydrogen-bond acceptors (Lipinski definition) is 3. The van der Waals surface area contributed by atoms with E-state index < -0.39 is 17.8 Å². The quantitative estimate of drug-likeness (QED) is 0.842. The Bertz CT molecular complexity index is 792. The number of benzene rings is 2. The molecular weight excluding hydrogens is 325 g/mol. The van der Waals surface area contributed by atoms with Crippen molar-refractivity contribution in [1.29, 1.82) is 0 Å². The Morgan fingerprint density at radius 3 is 2.56 bits per heavy atom. The highest BCUT2D eigenvalue weighted by molar-refractivity contribution is 5.96. The normalized spacial score (nSPS) is 18.9. The molecule has 2 N–H and O–H groups in total. The van der Waals surface area contributed by atoms with Crippen LogP contribution < -0.4 is 10.1 Å². The third-order valence-electron chi connectivity index (χ3n) is 4.32. The molecule has 0 bridgehead atoms. The number of carboxylic acids is 1. The molecule has 0 aliphatic heterocycles. The Morgan fingerprint density at radius 1 is 1.12 bits per heavy atom. The predicted octanol–water partition coefficient (Wildman–Crippen LogP) is 3.45. The van der Waals surface area contributed by atoms with Crippen LogP contribution >= 0.6 is 0 Å². The minimum absolute atomic E-state index is 0.207. The van der Waals surface area contributed by atoms with Gasteiger partial charge < -0.3 is 15.2 Å². The van der Waals surface area contributed by atoms with E-state index in [9.17, 15) is 14.0 Å². The van der Waals surface area contributed by atoms with E-state index in [1.807, 2.05) is 0 Å². The fourth-order valence-electron chi connectivity index (χ4n) is 2.80. The van der Waals surface area contributed by atoms with Gasteiger partial charge in [-0.15, -0.1) is 0 Å². The summed E-state index contributed by atoms with van der Waals surface area (Å²) >= 11 is 0. The number of aliphatic carboxylic acids is 1. The molecule has 3 rings (SSSR count). The van der Waals surface area contributed by atoms with Crippen molar-refractivity contribution in [3.63, 3.8) is 0 Å². The molecule has 1 aliphatic rings. The van der Waals surface area contributed by atoms with Crippen LogP contribution in [0.25, 0.3) is 0 Å². The molecule has 0 heterocycles. The second kappa shape index (κ2) is 7.34. The molecule has 2 unspecified atom stereocenters. The van der Waals surface area contributed by atoms with E-state index in [0.29, 0.717) is 29.8 Å². The van der Waals surface area contributed by atoms with Gasteiger partial charge in [0.1, 0.15) is 18.2 Å². The third-order valence-corrected chi connectivity index (χ3v) is 4.32. The van der Waals surface area contributed by atoms with E-state index in [-0.39, 0.29) is 18.3 Å². The van der Waals surface area contributed by atoms with Crippen molar-refractivity contribution >= 4 is 17.6 Å². The van der Waals surface area contributed by atoms with E-state index >= 15 is 0 Å². The highest BCUT2D eigenvalue weighted by atomic mass is 19.1. The molecule has 0 radical (unpaired) electrons. The van der Waals surface area contributed by atoms with Gasteiger partial charge in [0, 0.05) is 11.8 Å². The zero-order valence-corrected chi connectivity index (χ0v) is 13.4. The van der Waals surface area contributed by atoms with Gasteiger partial charge in [0.2, 0.25) is 5.91 Å². The molecule has 1 saturated carbocycles. The molecule has 2 atom stereocenters. The first-order chi connectivity index (χ1) is 12.0. The zero-order valence-electron chi connectivity index (χ0n) is 13.4. The molecule has 130 valence electrons. The van der Waals surface area contributed by atoms with Crippen LogP contribution in [0.2, 0.25) is 0 Å². The Morgan fingerprint density at radius 2 is 1.88 bits per heavy atom. The number of rotatable bonds is 6. The second-order valence-electron chi connectivity index (χ2n) is 6.06. The van der Waals surface area contributed by atoms with Crippen molar-refractivity contribution in [3.8, 4) is 5.75 Å². The molecule has 2 aromatic carbocycles. The topological polar surface area (TPSA) is 75.6 Å². The van der Waals surface area contributed by atoms with Gasteiger partial charge in [-0.3, -0.25) is 9.59 Å². The van der Waals surface area contributed by atoms with Crippen molar-refractivity contribution in [2.24, 2.45) is 11.8 Å². The van der Waals surface area contributed by atoms with Gasteiger partial charge in [0.05, 0.1) is 11.8 Å². The Labute approximate surface area is 144 Å². The maximum Gasteiger partial charge on any atom is 0.307 e. The summed E-state index contributed by atoms with van der Waals surface area (Å²) in [7, 11) is 0. The number of amides is 1. The molecule has 0 saturated heterocycles. The van der Waals surface area contributed by atoms with Crippen LogP contribution in [0.4, 0.5) is 10.1 Å². The molecule has 1 fully saturated rings. The lowest BCUT2D eigenvalue weighted by Crippen LogP contribution is -2.41. The molecule has 25 heavy (non-hydrogen) atoms. The average molecular weight is 343 g/mol. The first-order valence-corrected chi connectivity index (χ1v) is 8.04. The number of ether oxygens (including phenoxy) is 1. The first kappa shape index (κ1) is 17.0. The fraction of sp³-hybridized carbons (Fsp3) is 0.263. The van der Waals surface area contributed by atoms with Crippen molar-refractivity contribution in [2.45, 2.75) is 19.4 Å². The standard InChI is InChI=1S/C19H18FNO4/c20-13-4-1-3-12(9-13)11-25-15-6-2-5-14(10-15)21-18(22)16-7-8-17(16)19(23)24/h1-6,9-10,16-17H,7-8,11H2,(H,21,22)(H,23,24). The summed E-state index contributed by atoms with van der Waals surface area (Å²) in [6.45, 7) is 0.207. The molecule has 0 spiro atoms. The molecule has 1 amide bonds. The van der Waals surface area contributed by atoms with Crippen LogP contribution in [-0.2, 0) is 16.2 Å². The SMILES string of the molecule is O=C(O)C1CCC1C(=O)Nc1cccc(OCc2cccc(F)c2)c1. The van der Waals surface area contributed by atoms with Gasteiger partial charge >= 0.3 is 5.97 Å². The van der Waals surface area contributed by atoms with E-state index in [0.717, 1.165) is 0 Å². The molecular formula is C19H18FNO4. The minimum atomic E-state index is -0.932. The van der Waals surface area contributed by atoms with Crippen LogP contribution in [-0.4, -0.2) is 17.0 Å². The summed E-state index contributed by atoms with van der Waals surface area (Å²) < 4.78 is 18.8. The van der Waals surface area contributed by atoms with Gasteiger partial charge in [0.25, 0.3) is 0 Å². The monoisotopic (exact) mass is 343 g/mol. The van der Waals surface area contributed by atoms with Crippen LogP contribution in [0.3, 0.4) is 0 Å². The van der Waals surface area contributed by atoms with Crippen molar-refractivity contribution < 1.29 is 23.8 Å². The number of nitrogens with one attached hydrogen (secondary N) is 1. The van der Waals surface area contributed by atoms with Crippen LogP contribution in [0.5, 0.6) is 5.75 Å². The highest BCUT2D eigenvalue weighted by Gasteiger charge is 2.41. The maximum absolute atomic E-state index is 13.2. The lowest BCUT2D eigenvalue weighted by molar-refractivity contribution is -0.151. The highest BCUT2D eigenvalue weighted by Crippen LogP contribution is 2.35. The summed E-state index contributed by atoms with van der Waals surface area (Å²) in [5.41, 5.74) is 1.24. The van der Waals surface area contributed by atoms with Crippen molar-refractivity contribution in [3.05, 3.63) is 59.9 Å². The van der Waals surface area contributed by atoms with Crippen molar-refractivity contribution in [2.75, 3.05) is 5.32 Å². The summed E-state index contributed by atoms with van der Waals surface area (Å²) in [5, 5.41) is 11.8. The first-order valence-electron chi connectivity index (χ1n) is 8.04.